The van der Waals surface area contributed by atoms with E-state index >= 15 is 0 Å². The number of anilines is 2. The van der Waals surface area contributed by atoms with Gasteiger partial charge < -0.3 is 20.9 Å². The highest BCUT2D eigenvalue weighted by Gasteiger charge is 2.16. The number of nitrogens with one attached hydrogen (secondary N) is 1. The molecule has 1 saturated heterocycles. The second-order valence-electron chi connectivity index (χ2n) is 4.22. The summed E-state index contributed by atoms with van der Waals surface area (Å²) in [5, 5.41) is 12.2. The van der Waals surface area contributed by atoms with Crippen molar-refractivity contribution in [1.82, 2.24) is 0 Å². The van der Waals surface area contributed by atoms with Crippen molar-refractivity contribution in [3.8, 4) is 0 Å². The van der Waals surface area contributed by atoms with Gasteiger partial charge in [0.15, 0.2) is 0 Å². The maximum atomic E-state index is 11.0. The number of benzene rings is 1. The summed E-state index contributed by atoms with van der Waals surface area (Å²) in [6.45, 7) is 2.26. The molecule has 5 heteroatoms. The van der Waals surface area contributed by atoms with E-state index in [0.717, 1.165) is 26.2 Å². The van der Waals surface area contributed by atoms with Gasteiger partial charge in [0.05, 0.1) is 12.2 Å². The number of aromatic carboxylic acids is 1. The standard InChI is InChI=1S/C12H16N2O3/c13-9-1-2-11(10(5-9)12(15)16)14-6-8-3-4-17-7-8/h1-2,5,8,14H,3-4,6-7,13H2,(H,15,16). The van der Waals surface area contributed by atoms with Gasteiger partial charge in [0, 0.05) is 30.4 Å². The predicted molar refractivity (Wildman–Crippen MR) is 65.2 cm³/mol. The largest absolute Gasteiger partial charge is 0.478 e. The second kappa shape index (κ2) is 5.05. The Labute approximate surface area is 99.6 Å². The van der Waals surface area contributed by atoms with Crippen molar-refractivity contribution in [3.63, 3.8) is 0 Å². The monoisotopic (exact) mass is 236 g/mol. The van der Waals surface area contributed by atoms with Crippen LogP contribution in [0.3, 0.4) is 0 Å². The van der Waals surface area contributed by atoms with Gasteiger partial charge in [-0.2, -0.15) is 0 Å². The zero-order valence-corrected chi connectivity index (χ0v) is 9.48. The molecule has 4 N–H and O–H groups in total. The number of ether oxygens (including phenoxy) is 1. The maximum Gasteiger partial charge on any atom is 0.337 e. The van der Waals surface area contributed by atoms with Gasteiger partial charge in [0.25, 0.3) is 0 Å². The molecule has 0 aliphatic carbocycles. The lowest BCUT2D eigenvalue weighted by atomic mass is 10.1. The zero-order valence-electron chi connectivity index (χ0n) is 9.48. The molecule has 0 spiro atoms. The Hall–Kier alpha value is -1.75. The SMILES string of the molecule is Nc1ccc(NCC2CCOC2)c(C(=O)O)c1. The van der Waals surface area contributed by atoms with Gasteiger partial charge in [0.1, 0.15) is 0 Å². The number of hydrogen-bond donors (Lipinski definition) is 3. The van der Waals surface area contributed by atoms with Crippen molar-refractivity contribution in [3.05, 3.63) is 23.8 Å². The summed E-state index contributed by atoms with van der Waals surface area (Å²) in [6, 6.07) is 4.87. The second-order valence-corrected chi connectivity index (χ2v) is 4.22. The number of hydrogen-bond acceptors (Lipinski definition) is 4. The van der Waals surface area contributed by atoms with Crippen LogP contribution in [0.2, 0.25) is 0 Å². The van der Waals surface area contributed by atoms with E-state index in [1.165, 1.54) is 6.07 Å². The minimum absolute atomic E-state index is 0.212. The van der Waals surface area contributed by atoms with Crippen LogP contribution in [-0.4, -0.2) is 30.8 Å². The highest BCUT2D eigenvalue weighted by Crippen LogP contribution is 2.20. The van der Waals surface area contributed by atoms with Crippen LogP contribution >= 0.6 is 0 Å². The molecule has 1 atom stereocenters. The quantitative estimate of drug-likeness (QED) is 0.688. The van der Waals surface area contributed by atoms with Crippen LogP contribution in [0.4, 0.5) is 11.4 Å². The Morgan fingerprint density at radius 2 is 2.41 bits per heavy atom. The van der Waals surface area contributed by atoms with Gasteiger partial charge in [-0.15, -0.1) is 0 Å². The number of nitrogen functional groups attached to an aromatic ring is 1. The van der Waals surface area contributed by atoms with Crippen molar-refractivity contribution >= 4 is 17.3 Å². The number of carboxylic acids is 1. The molecule has 0 bridgehead atoms. The smallest absolute Gasteiger partial charge is 0.337 e. The van der Waals surface area contributed by atoms with Crippen LogP contribution < -0.4 is 11.1 Å². The fraction of sp³-hybridized carbons (Fsp3) is 0.417. The number of carboxylic acid groups (broad SMARTS) is 1. The molecule has 1 aliphatic rings. The lowest BCUT2D eigenvalue weighted by molar-refractivity contribution is 0.0698. The molecule has 0 aromatic heterocycles. The molecule has 1 aromatic carbocycles. The van der Waals surface area contributed by atoms with Gasteiger partial charge in [-0.05, 0) is 24.6 Å². The summed E-state index contributed by atoms with van der Waals surface area (Å²) in [6.07, 6.45) is 1.02. The lowest BCUT2D eigenvalue weighted by Gasteiger charge is -2.13. The Kier molecular flexibility index (Phi) is 3.49. The van der Waals surface area contributed by atoms with E-state index in [2.05, 4.69) is 5.32 Å². The number of nitrogens with two attached hydrogens (primary N) is 1. The molecule has 1 fully saturated rings. The Bertz CT molecular complexity index is 414. The van der Waals surface area contributed by atoms with E-state index in [1.54, 1.807) is 12.1 Å². The Balaban J connectivity index is 2.06. The molecule has 5 nitrogen and oxygen atoms in total. The molecular weight excluding hydrogens is 220 g/mol. The van der Waals surface area contributed by atoms with Crippen LogP contribution in [-0.2, 0) is 4.74 Å². The van der Waals surface area contributed by atoms with Crippen LogP contribution in [0.5, 0.6) is 0 Å². The topological polar surface area (TPSA) is 84.6 Å². The molecule has 0 saturated carbocycles. The first-order valence-corrected chi connectivity index (χ1v) is 5.61. The van der Waals surface area contributed by atoms with Crippen LogP contribution in [0.25, 0.3) is 0 Å². The number of rotatable bonds is 4. The summed E-state index contributed by atoms with van der Waals surface area (Å²) >= 11 is 0. The molecule has 17 heavy (non-hydrogen) atoms. The highest BCUT2D eigenvalue weighted by atomic mass is 16.5. The van der Waals surface area contributed by atoms with Crippen LogP contribution in [0.1, 0.15) is 16.8 Å². The van der Waals surface area contributed by atoms with Gasteiger partial charge in [-0.3, -0.25) is 0 Å². The molecule has 1 heterocycles. The van der Waals surface area contributed by atoms with Crippen molar-refractivity contribution in [2.24, 2.45) is 5.92 Å². The molecule has 1 unspecified atom stereocenters. The van der Waals surface area contributed by atoms with Crippen molar-refractivity contribution < 1.29 is 14.6 Å². The highest BCUT2D eigenvalue weighted by molar-refractivity contribution is 5.95. The summed E-state index contributed by atoms with van der Waals surface area (Å²) in [5.74, 6) is -0.517. The molecule has 92 valence electrons. The van der Waals surface area contributed by atoms with Crippen molar-refractivity contribution in [2.75, 3.05) is 30.8 Å². The minimum Gasteiger partial charge on any atom is -0.478 e. The molecule has 1 aliphatic heterocycles. The first kappa shape index (κ1) is 11.7. The van der Waals surface area contributed by atoms with E-state index in [1.807, 2.05) is 0 Å². The Morgan fingerprint density at radius 3 is 3.06 bits per heavy atom. The predicted octanol–water partition coefficient (Wildman–Crippen LogP) is 1.42. The van der Waals surface area contributed by atoms with E-state index < -0.39 is 5.97 Å². The third kappa shape index (κ3) is 2.88. The zero-order chi connectivity index (χ0) is 12.3. The summed E-state index contributed by atoms with van der Waals surface area (Å²) in [7, 11) is 0. The van der Waals surface area contributed by atoms with Gasteiger partial charge >= 0.3 is 5.97 Å². The lowest BCUT2D eigenvalue weighted by Crippen LogP contribution is -2.16. The molecule has 2 rings (SSSR count). The van der Waals surface area contributed by atoms with E-state index in [4.69, 9.17) is 15.6 Å². The summed E-state index contributed by atoms with van der Waals surface area (Å²) in [5.41, 5.74) is 6.85. The molecular formula is C12H16N2O3. The normalized spacial score (nSPS) is 19.2. The average molecular weight is 236 g/mol. The van der Waals surface area contributed by atoms with Gasteiger partial charge in [-0.1, -0.05) is 0 Å². The van der Waals surface area contributed by atoms with Crippen LogP contribution in [0, 0.1) is 5.92 Å². The first-order valence-electron chi connectivity index (χ1n) is 5.61. The third-order valence-corrected chi connectivity index (χ3v) is 2.88. The fourth-order valence-electron chi connectivity index (χ4n) is 1.89. The third-order valence-electron chi connectivity index (χ3n) is 2.88. The van der Waals surface area contributed by atoms with E-state index in [0.29, 0.717) is 17.3 Å². The van der Waals surface area contributed by atoms with E-state index in [9.17, 15) is 4.79 Å². The minimum atomic E-state index is -0.970. The van der Waals surface area contributed by atoms with E-state index in [-0.39, 0.29) is 5.56 Å². The summed E-state index contributed by atoms with van der Waals surface area (Å²) in [4.78, 5) is 11.0. The van der Waals surface area contributed by atoms with Gasteiger partial charge in [-0.25, -0.2) is 4.79 Å². The molecule has 0 amide bonds. The molecule has 0 radical (unpaired) electrons. The Morgan fingerprint density at radius 1 is 1.59 bits per heavy atom. The fourth-order valence-corrected chi connectivity index (χ4v) is 1.89. The maximum absolute atomic E-state index is 11.0. The number of carbonyl (C=O) groups is 1. The van der Waals surface area contributed by atoms with Crippen LogP contribution in [0.15, 0.2) is 18.2 Å². The summed E-state index contributed by atoms with van der Waals surface area (Å²) < 4.78 is 5.27. The van der Waals surface area contributed by atoms with Crippen molar-refractivity contribution in [1.29, 1.82) is 0 Å². The first-order chi connectivity index (χ1) is 8.16. The van der Waals surface area contributed by atoms with Gasteiger partial charge in [0.2, 0.25) is 0 Å². The molecule has 1 aromatic rings. The average Bonchev–Trinajstić information content (AvgIpc) is 2.80. The van der Waals surface area contributed by atoms with Crippen molar-refractivity contribution in [2.45, 2.75) is 6.42 Å².